The highest BCUT2D eigenvalue weighted by Crippen LogP contribution is 2.23. The monoisotopic (exact) mass is 361 g/mol. The number of hydrogen-bond acceptors (Lipinski definition) is 2. The molecule has 1 aromatic rings. The average molecular weight is 363 g/mol. The van der Waals surface area contributed by atoms with Crippen LogP contribution in [0.2, 0.25) is 0 Å². The van der Waals surface area contributed by atoms with E-state index in [0.29, 0.717) is 23.8 Å². The van der Waals surface area contributed by atoms with Crippen molar-refractivity contribution in [2.75, 3.05) is 13.7 Å². The van der Waals surface area contributed by atoms with E-state index in [0.717, 1.165) is 17.3 Å². The Balaban J connectivity index is 2.67. The van der Waals surface area contributed by atoms with Crippen molar-refractivity contribution in [2.24, 2.45) is 5.92 Å². The molecule has 0 spiro atoms. The largest absolute Gasteiger partial charge is 0.497 e. The van der Waals surface area contributed by atoms with Gasteiger partial charge in [-0.05, 0) is 40.0 Å². The third kappa shape index (κ3) is 4.67. The van der Waals surface area contributed by atoms with Crippen LogP contribution >= 0.6 is 27.5 Å². The van der Waals surface area contributed by atoms with Gasteiger partial charge in [0, 0.05) is 11.0 Å². The maximum atomic E-state index is 12.2. The summed E-state index contributed by atoms with van der Waals surface area (Å²) in [5, 5.41) is 2.84. The lowest BCUT2D eigenvalue weighted by atomic mass is 9.99. The van der Waals surface area contributed by atoms with E-state index in [2.05, 4.69) is 35.1 Å². The predicted molar refractivity (Wildman–Crippen MR) is 86.7 cm³/mol. The molecule has 112 valence electrons. The summed E-state index contributed by atoms with van der Waals surface area (Å²) >= 11 is 9.70. The maximum Gasteiger partial charge on any atom is 0.252 e. The molecule has 0 saturated heterocycles. The van der Waals surface area contributed by atoms with E-state index < -0.39 is 0 Å². The summed E-state index contributed by atoms with van der Waals surface area (Å²) in [6.07, 6.45) is 2.03. The zero-order valence-electron chi connectivity index (χ0n) is 12.1. The Hall–Kier alpha value is -0.740. The molecule has 1 N–H and O–H groups in total. The van der Waals surface area contributed by atoms with Gasteiger partial charge in [-0.1, -0.05) is 26.7 Å². The molecule has 0 aromatic heterocycles. The van der Waals surface area contributed by atoms with E-state index in [1.165, 1.54) is 0 Å². The minimum atomic E-state index is -0.146. The summed E-state index contributed by atoms with van der Waals surface area (Å²) in [4.78, 5) is 12.2. The van der Waals surface area contributed by atoms with Crippen LogP contribution in [0.1, 0.15) is 37.0 Å². The van der Waals surface area contributed by atoms with Gasteiger partial charge in [0.1, 0.15) is 5.75 Å². The lowest BCUT2D eigenvalue weighted by Crippen LogP contribution is -2.33. The number of carbonyl (C=O) groups excluding carboxylic acids is 1. The van der Waals surface area contributed by atoms with Crippen LogP contribution in [0.25, 0.3) is 0 Å². The third-order valence-corrected chi connectivity index (χ3v) is 4.64. The highest BCUT2D eigenvalue weighted by molar-refractivity contribution is 9.10. The molecule has 0 radical (unpaired) electrons. The summed E-state index contributed by atoms with van der Waals surface area (Å²) in [6.45, 7) is 4.70. The van der Waals surface area contributed by atoms with Crippen LogP contribution in [-0.4, -0.2) is 24.9 Å². The number of nitrogens with one attached hydrogen (secondary N) is 1. The number of alkyl halides is 1. The molecule has 3 nitrogen and oxygen atoms in total. The summed E-state index contributed by atoms with van der Waals surface area (Å²) in [5.41, 5.74) is 0.553. The number of halogens is 2. The van der Waals surface area contributed by atoms with Gasteiger partial charge in [-0.2, -0.15) is 0 Å². The molecule has 20 heavy (non-hydrogen) atoms. The first-order valence-corrected chi connectivity index (χ1v) is 8.02. The third-order valence-electron chi connectivity index (χ3n) is 3.44. The smallest absolute Gasteiger partial charge is 0.252 e. The molecule has 1 aromatic carbocycles. The van der Waals surface area contributed by atoms with E-state index in [4.69, 9.17) is 16.3 Å². The molecule has 1 atom stereocenters. The predicted octanol–water partition coefficient (Wildman–Crippen LogP) is 4.23. The highest BCUT2D eigenvalue weighted by atomic mass is 79.9. The Morgan fingerprint density at radius 2 is 2.05 bits per heavy atom. The number of carbonyl (C=O) groups is 1. The summed E-state index contributed by atoms with van der Waals surface area (Å²) < 4.78 is 5.87. The van der Waals surface area contributed by atoms with Crippen molar-refractivity contribution in [3.05, 3.63) is 28.2 Å². The van der Waals surface area contributed by atoms with E-state index in [-0.39, 0.29) is 11.3 Å². The first-order chi connectivity index (χ1) is 9.53. The molecule has 0 aliphatic heterocycles. The van der Waals surface area contributed by atoms with Gasteiger partial charge in [0.05, 0.1) is 18.1 Å². The quantitative estimate of drug-likeness (QED) is 0.737. The van der Waals surface area contributed by atoms with Gasteiger partial charge in [0.25, 0.3) is 5.91 Å². The number of hydrogen-bond donors (Lipinski definition) is 1. The zero-order chi connectivity index (χ0) is 15.1. The van der Waals surface area contributed by atoms with Crippen molar-refractivity contribution in [1.82, 2.24) is 5.32 Å². The summed E-state index contributed by atoms with van der Waals surface area (Å²) in [6, 6.07) is 5.31. The fourth-order valence-corrected chi connectivity index (χ4v) is 2.92. The molecule has 0 heterocycles. The molecular weight excluding hydrogens is 342 g/mol. The fraction of sp³-hybridized carbons (Fsp3) is 0.533. The van der Waals surface area contributed by atoms with Gasteiger partial charge >= 0.3 is 0 Å². The Morgan fingerprint density at radius 3 is 2.60 bits per heavy atom. The zero-order valence-corrected chi connectivity index (χ0v) is 14.4. The molecule has 0 bridgehead atoms. The molecule has 1 unspecified atom stereocenters. The molecular formula is C15H21BrClNO2. The van der Waals surface area contributed by atoms with Crippen LogP contribution < -0.4 is 10.1 Å². The number of ether oxygens (including phenoxy) is 1. The lowest BCUT2D eigenvalue weighted by molar-refractivity contribution is 0.0950. The van der Waals surface area contributed by atoms with Crippen molar-refractivity contribution < 1.29 is 9.53 Å². The van der Waals surface area contributed by atoms with Gasteiger partial charge in [-0.25, -0.2) is 0 Å². The Bertz CT molecular complexity index is 449. The Morgan fingerprint density at radius 1 is 1.40 bits per heavy atom. The van der Waals surface area contributed by atoms with Gasteiger partial charge < -0.3 is 10.1 Å². The van der Waals surface area contributed by atoms with Crippen molar-refractivity contribution >= 4 is 33.4 Å². The fourth-order valence-electron chi connectivity index (χ4n) is 2.06. The molecule has 0 saturated carbocycles. The Kier molecular flexibility index (Phi) is 7.38. The number of benzene rings is 1. The molecule has 0 fully saturated rings. The van der Waals surface area contributed by atoms with E-state index in [1.54, 1.807) is 25.3 Å². The van der Waals surface area contributed by atoms with E-state index in [1.807, 2.05) is 0 Å². The highest BCUT2D eigenvalue weighted by Gasteiger charge is 2.18. The molecule has 1 amide bonds. The second-order valence-electron chi connectivity index (χ2n) is 4.65. The van der Waals surface area contributed by atoms with Crippen LogP contribution in [0.3, 0.4) is 0 Å². The minimum absolute atomic E-state index is 0.0432. The van der Waals surface area contributed by atoms with Crippen LogP contribution in [-0.2, 0) is 0 Å². The van der Waals surface area contributed by atoms with Gasteiger partial charge in [0.2, 0.25) is 0 Å². The second-order valence-corrected chi connectivity index (χ2v) is 6.06. The Labute approximate surface area is 134 Å². The topological polar surface area (TPSA) is 38.3 Å². The van der Waals surface area contributed by atoms with Crippen LogP contribution in [0.4, 0.5) is 0 Å². The first kappa shape index (κ1) is 17.3. The van der Waals surface area contributed by atoms with E-state index >= 15 is 0 Å². The SMILES string of the molecule is CCC(CC)C(Cl)CNC(=O)c1cc(OC)ccc1Br. The second kappa shape index (κ2) is 8.53. The number of amides is 1. The first-order valence-electron chi connectivity index (χ1n) is 6.79. The van der Waals surface area contributed by atoms with Gasteiger partial charge in [-0.15, -0.1) is 11.6 Å². The van der Waals surface area contributed by atoms with E-state index in [9.17, 15) is 4.79 Å². The molecule has 5 heteroatoms. The van der Waals surface area contributed by atoms with Gasteiger partial charge in [-0.3, -0.25) is 4.79 Å². The minimum Gasteiger partial charge on any atom is -0.497 e. The summed E-state index contributed by atoms with van der Waals surface area (Å²) in [5.74, 6) is 0.930. The summed E-state index contributed by atoms with van der Waals surface area (Å²) in [7, 11) is 1.58. The van der Waals surface area contributed by atoms with Gasteiger partial charge in [0.15, 0.2) is 0 Å². The number of methoxy groups -OCH3 is 1. The molecule has 1 rings (SSSR count). The van der Waals surface area contributed by atoms with Crippen molar-refractivity contribution in [3.8, 4) is 5.75 Å². The maximum absolute atomic E-state index is 12.2. The normalized spacial score (nSPS) is 12.3. The van der Waals surface area contributed by atoms with Crippen molar-refractivity contribution in [2.45, 2.75) is 32.1 Å². The van der Waals surface area contributed by atoms with Crippen molar-refractivity contribution in [1.29, 1.82) is 0 Å². The van der Waals surface area contributed by atoms with Crippen LogP contribution in [0.5, 0.6) is 5.75 Å². The molecule has 0 aliphatic carbocycles. The average Bonchev–Trinajstić information content (AvgIpc) is 2.46. The standard InChI is InChI=1S/C15H21BrClNO2/c1-4-10(5-2)14(17)9-18-15(19)12-8-11(20-3)6-7-13(12)16/h6-8,10,14H,4-5,9H2,1-3H3,(H,18,19). The lowest BCUT2D eigenvalue weighted by Gasteiger charge is -2.19. The molecule has 0 aliphatic rings. The number of rotatable bonds is 7. The van der Waals surface area contributed by atoms with Crippen molar-refractivity contribution in [3.63, 3.8) is 0 Å². The van der Waals surface area contributed by atoms with Crippen LogP contribution in [0.15, 0.2) is 22.7 Å². The van der Waals surface area contributed by atoms with Crippen LogP contribution in [0, 0.1) is 5.92 Å².